The molecule has 0 bridgehead atoms. The van der Waals surface area contributed by atoms with Gasteiger partial charge in [0, 0.05) is 30.4 Å². The number of rotatable bonds is 7. The maximum Gasteiger partial charge on any atom is 0.387 e. The molecule has 0 spiro atoms. The minimum absolute atomic E-state index is 0.0636. The summed E-state index contributed by atoms with van der Waals surface area (Å²) in [5, 5.41) is 5.21. The first kappa shape index (κ1) is 23.5. The van der Waals surface area contributed by atoms with Crippen molar-refractivity contribution in [1.82, 2.24) is 9.78 Å². The van der Waals surface area contributed by atoms with Crippen LogP contribution in [0.25, 0.3) is 10.9 Å². The number of nitrogens with zero attached hydrogens (tertiary/aromatic N) is 4. The van der Waals surface area contributed by atoms with Gasteiger partial charge in [0.25, 0.3) is 6.43 Å². The number of carbonyl (C=O) groups is 1. The highest BCUT2D eigenvalue weighted by atomic mass is 19.3. The standard InChI is InChI=1S/C25H20F4N4O3/c1-31-12-16-10-18(5-9-21(16)30-31)32-13-15-2-6-20(35-14-23(26)27)11-22(15)33(25(32)34)17-3-7-19(8-4-17)36-24(28)29/h2-12,23-24H,13-14H2,1H3. The zero-order chi connectivity index (χ0) is 25.4. The van der Waals surface area contributed by atoms with Gasteiger partial charge < -0.3 is 9.47 Å². The van der Waals surface area contributed by atoms with Crippen molar-refractivity contribution in [2.24, 2.45) is 7.05 Å². The molecule has 5 rings (SSSR count). The summed E-state index contributed by atoms with van der Waals surface area (Å²) in [6, 6.07) is 15.4. The zero-order valence-corrected chi connectivity index (χ0v) is 18.9. The number of urea groups is 1. The van der Waals surface area contributed by atoms with Crippen LogP contribution in [0.1, 0.15) is 5.56 Å². The van der Waals surface area contributed by atoms with Crippen LogP contribution in [0.4, 0.5) is 39.4 Å². The van der Waals surface area contributed by atoms with Crippen molar-refractivity contribution < 1.29 is 31.8 Å². The smallest absolute Gasteiger partial charge is 0.387 e. The summed E-state index contributed by atoms with van der Waals surface area (Å²) < 4.78 is 61.8. The number of halogens is 4. The van der Waals surface area contributed by atoms with E-state index in [1.807, 2.05) is 18.3 Å². The number of aromatic nitrogens is 2. The van der Waals surface area contributed by atoms with Gasteiger partial charge >= 0.3 is 12.6 Å². The Bertz CT molecular complexity index is 1410. The Hall–Kier alpha value is -4.28. The third-order valence-corrected chi connectivity index (χ3v) is 5.66. The van der Waals surface area contributed by atoms with E-state index in [1.165, 1.54) is 35.2 Å². The molecule has 186 valence electrons. The third-order valence-electron chi connectivity index (χ3n) is 5.66. The minimum Gasteiger partial charge on any atom is -0.488 e. The largest absolute Gasteiger partial charge is 0.488 e. The highest BCUT2D eigenvalue weighted by molar-refractivity contribution is 6.11. The molecule has 0 atom stereocenters. The number of carbonyl (C=O) groups excluding carboxylic acids is 1. The average molecular weight is 500 g/mol. The molecule has 3 aromatic carbocycles. The van der Waals surface area contributed by atoms with Crippen molar-refractivity contribution in [3.8, 4) is 11.5 Å². The number of hydrogen-bond acceptors (Lipinski definition) is 4. The van der Waals surface area contributed by atoms with Crippen LogP contribution in [0.15, 0.2) is 66.9 Å². The Balaban J connectivity index is 1.56. The lowest BCUT2D eigenvalue weighted by molar-refractivity contribution is -0.0498. The molecule has 11 heteroatoms. The summed E-state index contributed by atoms with van der Waals surface area (Å²) in [7, 11) is 1.80. The zero-order valence-electron chi connectivity index (χ0n) is 18.9. The first-order valence-corrected chi connectivity index (χ1v) is 10.9. The number of hydrogen-bond donors (Lipinski definition) is 0. The number of benzene rings is 3. The van der Waals surface area contributed by atoms with E-state index < -0.39 is 25.7 Å². The van der Waals surface area contributed by atoms with Gasteiger partial charge in [0.05, 0.1) is 23.4 Å². The first-order valence-electron chi connectivity index (χ1n) is 10.9. The van der Waals surface area contributed by atoms with Crippen molar-refractivity contribution in [2.75, 3.05) is 16.4 Å². The predicted molar refractivity (Wildman–Crippen MR) is 125 cm³/mol. The average Bonchev–Trinajstić information content (AvgIpc) is 3.22. The Morgan fingerprint density at radius 3 is 2.39 bits per heavy atom. The Kier molecular flexibility index (Phi) is 6.13. The molecular formula is C25H20F4N4O3. The minimum atomic E-state index is -2.99. The molecule has 0 saturated heterocycles. The van der Waals surface area contributed by atoms with Crippen LogP contribution < -0.4 is 19.3 Å². The molecule has 2 amide bonds. The molecule has 0 aliphatic carbocycles. The van der Waals surface area contributed by atoms with Gasteiger partial charge in [0.2, 0.25) is 0 Å². The molecule has 1 aliphatic rings. The van der Waals surface area contributed by atoms with Crippen LogP contribution in [-0.4, -0.2) is 35.5 Å². The SMILES string of the molecule is Cn1cc2cc(N3Cc4ccc(OCC(F)F)cc4N(c4ccc(OC(F)F)cc4)C3=O)ccc2n1. The number of alkyl halides is 4. The van der Waals surface area contributed by atoms with Gasteiger partial charge in [-0.05, 0) is 54.1 Å². The number of aryl methyl sites for hydroxylation is 1. The number of anilines is 3. The van der Waals surface area contributed by atoms with Crippen LogP contribution in [-0.2, 0) is 13.6 Å². The molecule has 0 N–H and O–H groups in total. The molecule has 1 aromatic heterocycles. The second-order valence-corrected chi connectivity index (χ2v) is 8.12. The molecule has 1 aliphatic heterocycles. The predicted octanol–water partition coefficient (Wildman–Crippen LogP) is 6.10. The lowest BCUT2D eigenvalue weighted by atomic mass is 10.1. The Labute approximate surface area is 203 Å². The van der Waals surface area contributed by atoms with Crippen molar-refractivity contribution in [3.05, 3.63) is 72.4 Å². The lowest BCUT2D eigenvalue weighted by Gasteiger charge is -2.37. The highest BCUT2D eigenvalue weighted by Gasteiger charge is 2.33. The summed E-state index contributed by atoms with van der Waals surface area (Å²) in [6.07, 6.45) is -0.813. The number of amides is 2. The maximum atomic E-state index is 13.8. The van der Waals surface area contributed by atoms with E-state index in [-0.39, 0.29) is 18.0 Å². The van der Waals surface area contributed by atoms with E-state index in [9.17, 15) is 22.4 Å². The van der Waals surface area contributed by atoms with E-state index in [1.54, 1.807) is 34.8 Å². The fourth-order valence-electron chi connectivity index (χ4n) is 4.13. The Morgan fingerprint density at radius 2 is 1.67 bits per heavy atom. The van der Waals surface area contributed by atoms with Gasteiger partial charge in [-0.1, -0.05) is 6.07 Å². The van der Waals surface area contributed by atoms with Gasteiger partial charge in [-0.2, -0.15) is 13.9 Å². The molecule has 0 radical (unpaired) electrons. The monoisotopic (exact) mass is 500 g/mol. The topological polar surface area (TPSA) is 59.8 Å². The fraction of sp³-hybridized carbons (Fsp3) is 0.200. The quantitative estimate of drug-likeness (QED) is 0.288. The summed E-state index contributed by atoms with van der Waals surface area (Å²) >= 11 is 0. The van der Waals surface area contributed by atoms with Crippen LogP contribution in [0.3, 0.4) is 0 Å². The lowest BCUT2D eigenvalue weighted by Crippen LogP contribution is -2.45. The van der Waals surface area contributed by atoms with Crippen molar-refractivity contribution in [1.29, 1.82) is 0 Å². The second-order valence-electron chi connectivity index (χ2n) is 8.12. The van der Waals surface area contributed by atoms with Crippen molar-refractivity contribution in [2.45, 2.75) is 19.6 Å². The molecule has 0 saturated carbocycles. The van der Waals surface area contributed by atoms with Crippen LogP contribution in [0.2, 0.25) is 0 Å². The third kappa shape index (κ3) is 4.64. The summed E-state index contributed by atoms with van der Waals surface area (Å²) in [6.45, 7) is -3.55. The second kappa shape index (κ2) is 9.40. The summed E-state index contributed by atoms with van der Waals surface area (Å²) in [5.41, 5.74) is 2.96. The van der Waals surface area contributed by atoms with Gasteiger partial charge in [-0.15, -0.1) is 0 Å². The van der Waals surface area contributed by atoms with Gasteiger partial charge in [-0.25, -0.2) is 13.6 Å². The Morgan fingerprint density at radius 1 is 0.944 bits per heavy atom. The van der Waals surface area contributed by atoms with E-state index in [0.29, 0.717) is 17.1 Å². The van der Waals surface area contributed by atoms with Crippen LogP contribution in [0, 0.1) is 0 Å². The van der Waals surface area contributed by atoms with Gasteiger partial charge in [-0.3, -0.25) is 14.5 Å². The molecule has 4 aromatic rings. The van der Waals surface area contributed by atoms with Crippen molar-refractivity contribution >= 4 is 34.0 Å². The first-order chi connectivity index (χ1) is 17.3. The molecular weight excluding hydrogens is 480 g/mol. The van der Waals surface area contributed by atoms with Gasteiger partial charge in [0.15, 0.2) is 0 Å². The van der Waals surface area contributed by atoms with E-state index in [4.69, 9.17) is 4.74 Å². The normalized spacial score (nSPS) is 13.6. The van der Waals surface area contributed by atoms with E-state index >= 15 is 0 Å². The number of ether oxygens (including phenoxy) is 2. The van der Waals surface area contributed by atoms with E-state index in [2.05, 4.69) is 9.84 Å². The maximum absolute atomic E-state index is 13.8. The van der Waals surface area contributed by atoms with Crippen LogP contribution >= 0.6 is 0 Å². The highest BCUT2D eigenvalue weighted by Crippen LogP contribution is 2.40. The molecule has 2 heterocycles. The summed E-state index contributed by atoms with van der Waals surface area (Å²) in [4.78, 5) is 16.7. The van der Waals surface area contributed by atoms with E-state index in [0.717, 1.165) is 16.5 Å². The number of fused-ring (bicyclic) bond motifs is 2. The molecule has 36 heavy (non-hydrogen) atoms. The van der Waals surface area contributed by atoms with Gasteiger partial charge in [0.1, 0.15) is 18.1 Å². The molecule has 0 unspecified atom stereocenters. The van der Waals surface area contributed by atoms with Crippen LogP contribution in [0.5, 0.6) is 11.5 Å². The fourth-order valence-corrected chi connectivity index (χ4v) is 4.13. The van der Waals surface area contributed by atoms with Crippen molar-refractivity contribution in [3.63, 3.8) is 0 Å². The molecule has 7 nitrogen and oxygen atoms in total. The molecule has 0 fully saturated rings. The summed E-state index contributed by atoms with van der Waals surface area (Å²) in [5.74, 6) is 0.112.